The third-order valence-electron chi connectivity index (χ3n) is 2.74. The van der Waals surface area contributed by atoms with Crippen molar-refractivity contribution in [2.45, 2.75) is 20.3 Å². The second-order valence-electron chi connectivity index (χ2n) is 4.05. The summed E-state index contributed by atoms with van der Waals surface area (Å²) >= 11 is 0. The first-order valence-corrected chi connectivity index (χ1v) is 5.93. The van der Waals surface area contributed by atoms with E-state index >= 15 is 0 Å². The molecule has 0 saturated carbocycles. The number of carbonyl (C=O) groups excluding carboxylic acids is 1. The predicted octanol–water partition coefficient (Wildman–Crippen LogP) is 2.40. The van der Waals surface area contributed by atoms with Crippen molar-refractivity contribution in [1.82, 2.24) is 10.3 Å². The molecule has 0 atom stereocenters. The van der Waals surface area contributed by atoms with Gasteiger partial charge < -0.3 is 10.1 Å². The van der Waals surface area contributed by atoms with Crippen molar-refractivity contribution in [1.29, 1.82) is 0 Å². The van der Waals surface area contributed by atoms with Crippen molar-refractivity contribution in [3.05, 3.63) is 23.8 Å². The van der Waals surface area contributed by atoms with Gasteiger partial charge in [0, 0.05) is 12.0 Å². The topological polar surface area (TPSA) is 77.3 Å². The smallest absolute Gasteiger partial charge is 0.225 e. The third-order valence-corrected chi connectivity index (χ3v) is 2.74. The molecule has 6 nitrogen and oxygen atoms in total. The van der Waals surface area contributed by atoms with Crippen LogP contribution in [0.15, 0.2) is 22.8 Å². The number of nitrogens with zero attached hydrogens (tertiary/aromatic N) is 2. The Balaban J connectivity index is 2.34. The number of ether oxygens (including phenoxy) is 1. The normalized spacial score (nSPS) is 10.3. The summed E-state index contributed by atoms with van der Waals surface area (Å²) in [6.45, 7) is 3.69. The van der Waals surface area contributed by atoms with Gasteiger partial charge in [-0.2, -0.15) is 0 Å². The number of aryl methyl sites for hydroxylation is 1. The van der Waals surface area contributed by atoms with Gasteiger partial charge in [-0.15, -0.1) is 0 Å². The number of methoxy groups -OCH3 is 1. The van der Waals surface area contributed by atoms with Crippen LogP contribution in [0.5, 0.6) is 5.75 Å². The standard InChI is InChI=1S/C13H15N3O3/c1-4-11(17)14-13-12(15-19-16-13)9-5-6-10(18-3)8(2)7-9/h5-7H,4H2,1-3H3,(H,14,16,17). The van der Waals surface area contributed by atoms with E-state index < -0.39 is 0 Å². The molecular formula is C13H15N3O3. The van der Waals surface area contributed by atoms with E-state index in [9.17, 15) is 4.79 Å². The molecule has 2 rings (SSSR count). The van der Waals surface area contributed by atoms with Crippen molar-refractivity contribution in [3.8, 4) is 17.0 Å². The van der Waals surface area contributed by atoms with Gasteiger partial charge in [-0.25, -0.2) is 4.63 Å². The maximum absolute atomic E-state index is 11.4. The van der Waals surface area contributed by atoms with Crippen LogP contribution in [0.4, 0.5) is 5.82 Å². The van der Waals surface area contributed by atoms with Gasteiger partial charge in [0.15, 0.2) is 5.69 Å². The molecule has 1 N–H and O–H groups in total. The molecule has 0 fully saturated rings. The number of amides is 1. The Morgan fingerprint density at radius 3 is 2.84 bits per heavy atom. The quantitative estimate of drug-likeness (QED) is 0.914. The van der Waals surface area contributed by atoms with Crippen LogP contribution in [0.2, 0.25) is 0 Å². The summed E-state index contributed by atoms with van der Waals surface area (Å²) in [7, 11) is 1.62. The number of aromatic nitrogens is 2. The molecule has 0 saturated heterocycles. The van der Waals surface area contributed by atoms with Gasteiger partial charge in [0.05, 0.1) is 7.11 Å². The summed E-state index contributed by atoms with van der Waals surface area (Å²) in [6, 6.07) is 5.58. The number of rotatable bonds is 4. The molecule has 0 spiro atoms. The molecule has 100 valence electrons. The number of hydrogen-bond donors (Lipinski definition) is 1. The van der Waals surface area contributed by atoms with Crippen LogP contribution >= 0.6 is 0 Å². The molecule has 1 aromatic heterocycles. The van der Waals surface area contributed by atoms with E-state index in [1.807, 2.05) is 25.1 Å². The van der Waals surface area contributed by atoms with Crippen LogP contribution in [0.25, 0.3) is 11.3 Å². The number of benzene rings is 1. The van der Waals surface area contributed by atoms with Crippen LogP contribution in [-0.2, 0) is 4.79 Å². The van der Waals surface area contributed by atoms with E-state index in [1.165, 1.54) is 0 Å². The summed E-state index contributed by atoms with van der Waals surface area (Å²) in [5.41, 5.74) is 2.29. The number of carbonyl (C=O) groups is 1. The minimum Gasteiger partial charge on any atom is -0.496 e. The fourth-order valence-electron chi connectivity index (χ4n) is 1.71. The second-order valence-corrected chi connectivity index (χ2v) is 4.05. The first-order chi connectivity index (χ1) is 9.15. The van der Waals surface area contributed by atoms with E-state index in [-0.39, 0.29) is 5.91 Å². The SMILES string of the molecule is CCC(=O)Nc1nonc1-c1ccc(OC)c(C)c1. The largest absolute Gasteiger partial charge is 0.496 e. The average Bonchev–Trinajstić information content (AvgIpc) is 2.86. The predicted molar refractivity (Wildman–Crippen MR) is 69.9 cm³/mol. The Hall–Kier alpha value is -2.37. The van der Waals surface area contributed by atoms with Gasteiger partial charge in [-0.05, 0) is 41.0 Å². The zero-order valence-electron chi connectivity index (χ0n) is 11.1. The highest BCUT2D eigenvalue weighted by Gasteiger charge is 2.15. The Morgan fingerprint density at radius 1 is 1.42 bits per heavy atom. The molecule has 0 radical (unpaired) electrons. The van der Waals surface area contributed by atoms with Crippen molar-refractivity contribution < 1.29 is 14.2 Å². The first kappa shape index (κ1) is 13.1. The summed E-state index contributed by atoms with van der Waals surface area (Å²) in [5, 5.41) is 10.2. The average molecular weight is 261 g/mol. The molecule has 19 heavy (non-hydrogen) atoms. The molecular weight excluding hydrogens is 246 g/mol. The molecule has 1 amide bonds. The van der Waals surface area contributed by atoms with Gasteiger partial charge in [0.25, 0.3) is 0 Å². The van der Waals surface area contributed by atoms with Crippen LogP contribution < -0.4 is 10.1 Å². The molecule has 0 unspecified atom stereocenters. The number of anilines is 1. The lowest BCUT2D eigenvalue weighted by molar-refractivity contribution is -0.115. The van der Waals surface area contributed by atoms with E-state index in [1.54, 1.807) is 14.0 Å². The van der Waals surface area contributed by atoms with Gasteiger partial charge in [0.1, 0.15) is 5.75 Å². The lowest BCUT2D eigenvalue weighted by atomic mass is 10.1. The van der Waals surface area contributed by atoms with Gasteiger partial charge in [-0.3, -0.25) is 4.79 Å². The molecule has 6 heteroatoms. The Morgan fingerprint density at radius 2 is 2.21 bits per heavy atom. The highest BCUT2D eigenvalue weighted by Crippen LogP contribution is 2.28. The van der Waals surface area contributed by atoms with Crippen LogP contribution in [0.3, 0.4) is 0 Å². The molecule has 2 aromatic rings. The van der Waals surface area contributed by atoms with Gasteiger partial charge in [0.2, 0.25) is 11.7 Å². The molecule has 0 bridgehead atoms. The van der Waals surface area contributed by atoms with Crippen LogP contribution in [0.1, 0.15) is 18.9 Å². The summed E-state index contributed by atoms with van der Waals surface area (Å²) in [6.07, 6.45) is 0.369. The minimum atomic E-state index is -0.137. The number of hydrogen-bond acceptors (Lipinski definition) is 5. The molecule has 0 aliphatic rings. The van der Waals surface area contributed by atoms with E-state index in [0.29, 0.717) is 17.9 Å². The molecule has 0 aliphatic carbocycles. The second kappa shape index (κ2) is 5.51. The molecule has 1 aromatic carbocycles. The fraction of sp³-hybridized carbons (Fsp3) is 0.308. The first-order valence-electron chi connectivity index (χ1n) is 5.93. The maximum Gasteiger partial charge on any atom is 0.225 e. The molecule has 1 heterocycles. The van der Waals surface area contributed by atoms with Crippen molar-refractivity contribution in [3.63, 3.8) is 0 Å². The molecule has 0 aliphatic heterocycles. The lowest BCUT2D eigenvalue weighted by Gasteiger charge is -2.06. The van der Waals surface area contributed by atoms with E-state index in [4.69, 9.17) is 9.37 Å². The van der Waals surface area contributed by atoms with Gasteiger partial charge >= 0.3 is 0 Å². The fourth-order valence-corrected chi connectivity index (χ4v) is 1.71. The van der Waals surface area contributed by atoms with Crippen LogP contribution in [0, 0.1) is 6.92 Å². The van der Waals surface area contributed by atoms with Crippen molar-refractivity contribution in [2.75, 3.05) is 12.4 Å². The van der Waals surface area contributed by atoms with Gasteiger partial charge in [-0.1, -0.05) is 6.92 Å². The summed E-state index contributed by atoms with van der Waals surface area (Å²) < 4.78 is 9.90. The summed E-state index contributed by atoms with van der Waals surface area (Å²) in [5.74, 6) is 0.984. The zero-order valence-corrected chi connectivity index (χ0v) is 11.1. The highest BCUT2D eigenvalue weighted by molar-refractivity contribution is 5.92. The van der Waals surface area contributed by atoms with Crippen LogP contribution in [-0.4, -0.2) is 23.3 Å². The zero-order chi connectivity index (χ0) is 13.8. The minimum absolute atomic E-state index is 0.137. The van der Waals surface area contributed by atoms with E-state index in [2.05, 4.69) is 15.6 Å². The third kappa shape index (κ3) is 2.73. The maximum atomic E-state index is 11.4. The lowest BCUT2D eigenvalue weighted by Crippen LogP contribution is -2.10. The van der Waals surface area contributed by atoms with E-state index in [0.717, 1.165) is 16.9 Å². The summed E-state index contributed by atoms with van der Waals surface area (Å²) in [4.78, 5) is 11.4. The Labute approximate surface area is 110 Å². The number of nitrogens with one attached hydrogen (secondary N) is 1. The van der Waals surface area contributed by atoms with Crippen molar-refractivity contribution in [2.24, 2.45) is 0 Å². The monoisotopic (exact) mass is 261 g/mol. The Kier molecular flexibility index (Phi) is 3.79. The highest BCUT2D eigenvalue weighted by atomic mass is 16.6. The van der Waals surface area contributed by atoms with Crippen molar-refractivity contribution >= 4 is 11.7 Å². The Bertz CT molecular complexity index is 593.